The van der Waals surface area contributed by atoms with E-state index in [1.807, 2.05) is 24.3 Å². The van der Waals surface area contributed by atoms with Gasteiger partial charge in [-0.05, 0) is 67.4 Å². The molecule has 180 valence electrons. The topological polar surface area (TPSA) is 59.4 Å². The van der Waals surface area contributed by atoms with Crippen LogP contribution in [0.15, 0.2) is 66.9 Å². The number of aryl methyl sites for hydroxylation is 1. The van der Waals surface area contributed by atoms with Gasteiger partial charge in [0.1, 0.15) is 11.5 Å². The predicted octanol–water partition coefficient (Wildman–Crippen LogP) is 5.05. The van der Waals surface area contributed by atoms with Gasteiger partial charge in [0.15, 0.2) is 0 Å². The molecule has 2 aromatic heterocycles. The number of nitrogens with one attached hydrogen (secondary N) is 1. The highest BCUT2D eigenvalue weighted by Crippen LogP contribution is 2.29. The molecule has 1 aliphatic rings. The van der Waals surface area contributed by atoms with Crippen molar-refractivity contribution in [1.29, 1.82) is 0 Å². The summed E-state index contributed by atoms with van der Waals surface area (Å²) in [5.41, 5.74) is 4.79. The van der Waals surface area contributed by atoms with Gasteiger partial charge in [-0.2, -0.15) is 0 Å². The van der Waals surface area contributed by atoms with Crippen LogP contribution in [0.1, 0.15) is 18.9 Å². The highest BCUT2D eigenvalue weighted by Gasteiger charge is 2.15. The summed E-state index contributed by atoms with van der Waals surface area (Å²) in [4.78, 5) is 18.9. The van der Waals surface area contributed by atoms with Crippen LogP contribution in [0.5, 0.6) is 0 Å². The number of pyridine rings is 1. The van der Waals surface area contributed by atoms with E-state index in [1.165, 1.54) is 24.6 Å². The van der Waals surface area contributed by atoms with E-state index in [0.717, 1.165) is 62.4 Å². The van der Waals surface area contributed by atoms with E-state index in [1.54, 1.807) is 6.07 Å². The second-order valence-corrected chi connectivity index (χ2v) is 8.89. The molecule has 35 heavy (non-hydrogen) atoms. The zero-order valence-electron chi connectivity index (χ0n) is 19.8. The number of hydrogen-bond acceptors (Lipinski definition) is 4. The summed E-state index contributed by atoms with van der Waals surface area (Å²) in [6.45, 7) is 6.05. The van der Waals surface area contributed by atoms with Gasteiger partial charge < -0.3 is 14.6 Å². The summed E-state index contributed by atoms with van der Waals surface area (Å²) < 4.78 is 21.9. The summed E-state index contributed by atoms with van der Waals surface area (Å²) in [7, 11) is 0. The number of hydrogen-bond donors (Lipinski definition) is 1. The number of rotatable bonds is 7. The van der Waals surface area contributed by atoms with Crippen molar-refractivity contribution >= 4 is 22.6 Å². The smallest absolute Gasteiger partial charge is 0.221 e. The average Bonchev–Trinajstić information content (AvgIpc) is 3.22. The van der Waals surface area contributed by atoms with Gasteiger partial charge in [0, 0.05) is 48.5 Å². The Kier molecular flexibility index (Phi) is 6.88. The van der Waals surface area contributed by atoms with E-state index in [4.69, 9.17) is 9.72 Å². The standard InChI is InChI=1S/C28H29FN4O2/c1-20(34)30-24-17-22(16-23(29)18-24)27-10-9-26-21(6-5-11-32-12-14-35-15-13-32)19-33(28(26)31-27)25-7-3-2-4-8-25/h2-4,7-10,16-19H,5-6,11-15H2,1H3,(H,30,34). The molecule has 2 aromatic carbocycles. The van der Waals surface area contributed by atoms with Crippen molar-refractivity contribution in [3.63, 3.8) is 0 Å². The maximum absolute atomic E-state index is 14.3. The lowest BCUT2D eigenvalue weighted by Gasteiger charge is -2.26. The van der Waals surface area contributed by atoms with Crippen LogP contribution in [0, 0.1) is 5.82 Å². The van der Waals surface area contributed by atoms with Gasteiger partial charge >= 0.3 is 0 Å². The van der Waals surface area contributed by atoms with Crippen molar-refractivity contribution in [3.05, 3.63) is 78.2 Å². The first-order valence-electron chi connectivity index (χ1n) is 12.0. The number of carbonyl (C=O) groups is 1. The average molecular weight is 473 g/mol. The van der Waals surface area contributed by atoms with Crippen molar-refractivity contribution in [1.82, 2.24) is 14.5 Å². The van der Waals surface area contributed by atoms with Gasteiger partial charge in [-0.3, -0.25) is 9.69 Å². The number of para-hydroxylation sites is 1. The number of carbonyl (C=O) groups excluding carboxylic acids is 1. The lowest BCUT2D eigenvalue weighted by atomic mass is 10.1. The van der Waals surface area contributed by atoms with Crippen molar-refractivity contribution < 1.29 is 13.9 Å². The first-order valence-corrected chi connectivity index (χ1v) is 12.0. The Morgan fingerprint density at radius 3 is 2.66 bits per heavy atom. The molecule has 0 unspecified atom stereocenters. The maximum atomic E-state index is 14.3. The minimum atomic E-state index is -0.421. The molecular formula is C28H29FN4O2. The fourth-order valence-electron chi connectivity index (χ4n) is 4.65. The van der Waals surface area contributed by atoms with Gasteiger partial charge in [0.05, 0.1) is 18.9 Å². The second kappa shape index (κ2) is 10.4. The number of amides is 1. The number of aromatic nitrogens is 2. The molecule has 6 nitrogen and oxygen atoms in total. The molecule has 0 atom stereocenters. The molecule has 0 saturated carbocycles. The number of anilines is 1. The second-order valence-electron chi connectivity index (χ2n) is 8.89. The van der Waals surface area contributed by atoms with E-state index in [-0.39, 0.29) is 5.91 Å². The fraction of sp³-hybridized carbons (Fsp3) is 0.286. The molecule has 0 radical (unpaired) electrons. The van der Waals surface area contributed by atoms with E-state index in [2.05, 4.69) is 39.2 Å². The van der Waals surface area contributed by atoms with Crippen LogP contribution in [0.4, 0.5) is 10.1 Å². The minimum Gasteiger partial charge on any atom is -0.379 e. The SMILES string of the molecule is CC(=O)Nc1cc(F)cc(-c2ccc3c(CCCN4CCOCC4)cn(-c4ccccc4)c3n2)c1. The summed E-state index contributed by atoms with van der Waals surface area (Å²) in [5, 5.41) is 3.76. The third kappa shape index (κ3) is 5.42. The fourth-order valence-corrected chi connectivity index (χ4v) is 4.65. The Labute approximate surface area is 204 Å². The molecule has 0 aliphatic carbocycles. The van der Waals surface area contributed by atoms with E-state index >= 15 is 0 Å². The van der Waals surface area contributed by atoms with Gasteiger partial charge in [0.2, 0.25) is 5.91 Å². The van der Waals surface area contributed by atoms with Gasteiger partial charge in [-0.25, -0.2) is 9.37 Å². The number of benzene rings is 2. The van der Waals surface area contributed by atoms with Crippen molar-refractivity contribution in [2.24, 2.45) is 0 Å². The van der Waals surface area contributed by atoms with Crippen LogP contribution in [-0.4, -0.2) is 53.2 Å². The minimum absolute atomic E-state index is 0.246. The van der Waals surface area contributed by atoms with Crippen LogP contribution in [0.25, 0.3) is 28.0 Å². The third-order valence-corrected chi connectivity index (χ3v) is 6.31. The largest absolute Gasteiger partial charge is 0.379 e. The van der Waals surface area contributed by atoms with Crippen LogP contribution in [0.2, 0.25) is 0 Å². The first-order chi connectivity index (χ1) is 17.1. The molecule has 3 heterocycles. The Morgan fingerprint density at radius 2 is 1.89 bits per heavy atom. The van der Waals surface area contributed by atoms with Crippen molar-refractivity contribution in [2.75, 3.05) is 38.2 Å². The normalized spacial score (nSPS) is 14.3. The lowest BCUT2D eigenvalue weighted by molar-refractivity contribution is -0.114. The van der Waals surface area contributed by atoms with E-state index in [0.29, 0.717) is 16.9 Å². The molecule has 0 bridgehead atoms. The first kappa shape index (κ1) is 23.2. The monoisotopic (exact) mass is 472 g/mol. The number of ether oxygens (including phenoxy) is 1. The number of nitrogens with zero attached hydrogens (tertiary/aromatic N) is 3. The Bertz CT molecular complexity index is 1330. The zero-order chi connectivity index (χ0) is 24.2. The summed E-state index contributed by atoms with van der Waals surface area (Å²) in [5.74, 6) is -0.667. The van der Waals surface area contributed by atoms with Crippen LogP contribution >= 0.6 is 0 Å². The highest BCUT2D eigenvalue weighted by atomic mass is 19.1. The summed E-state index contributed by atoms with van der Waals surface area (Å²) in [6, 6.07) is 18.6. The van der Waals surface area contributed by atoms with E-state index in [9.17, 15) is 9.18 Å². The zero-order valence-corrected chi connectivity index (χ0v) is 19.8. The van der Waals surface area contributed by atoms with Gasteiger partial charge in [-0.15, -0.1) is 0 Å². The van der Waals surface area contributed by atoms with Gasteiger partial charge in [-0.1, -0.05) is 18.2 Å². The Hall–Kier alpha value is -3.55. The quantitative estimate of drug-likeness (QED) is 0.409. The van der Waals surface area contributed by atoms with E-state index < -0.39 is 5.82 Å². The number of halogens is 1. The summed E-state index contributed by atoms with van der Waals surface area (Å²) in [6.07, 6.45) is 4.17. The third-order valence-electron chi connectivity index (χ3n) is 6.31. The lowest BCUT2D eigenvalue weighted by Crippen LogP contribution is -2.36. The molecule has 1 fully saturated rings. The number of fused-ring (bicyclic) bond motifs is 1. The molecule has 7 heteroatoms. The molecular weight excluding hydrogens is 443 g/mol. The van der Waals surface area contributed by atoms with Crippen molar-refractivity contribution in [3.8, 4) is 16.9 Å². The predicted molar refractivity (Wildman–Crippen MR) is 136 cm³/mol. The number of morpholine rings is 1. The molecule has 4 aromatic rings. The molecule has 1 amide bonds. The van der Waals surface area contributed by atoms with Crippen molar-refractivity contribution in [2.45, 2.75) is 19.8 Å². The Morgan fingerprint density at radius 1 is 1.09 bits per heavy atom. The molecule has 1 N–H and O–H groups in total. The van der Waals surface area contributed by atoms with Crippen LogP contribution < -0.4 is 5.32 Å². The molecule has 0 spiro atoms. The summed E-state index contributed by atoms with van der Waals surface area (Å²) >= 11 is 0. The molecule has 1 saturated heterocycles. The Balaban J connectivity index is 1.50. The molecule has 1 aliphatic heterocycles. The maximum Gasteiger partial charge on any atom is 0.221 e. The van der Waals surface area contributed by atoms with Gasteiger partial charge in [0.25, 0.3) is 0 Å². The highest BCUT2D eigenvalue weighted by molar-refractivity contribution is 5.90. The van der Waals surface area contributed by atoms with Crippen LogP contribution in [0.3, 0.4) is 0 Å². The van der Waals surface area contributed by atoms with Crippen LogP contribution in [-0.2, 0) is 16.0 Å². The molecule has 5 rings (SSSR count).